The van der Waals surface area contributed by atoms with Gasteiger partial charge in [0.2, 0.25) is 15.9 Å². The van der Waals surface area contributed by atoms with Gasteiger partial charge in [-0.15, -0.1) is 0 Å². The molecule has 2 amide bonds. The number of nitrogens with zero attached hydrogens (tertiary/aromatic N) is 2. The highest BCUT2D eigenvalue weighted by Gasteiger charge is 2.31. The van der Waals surface area contributed by atoms with Crippen LogP contribution in [-0.2, 0) is 43.9 Å². The van der Waals surface area contributed by atoms with E-state index in [0.717, 1.165) is 16.7 Å². The molecule has 4 aromatic rings. The fourth-order valence-corrected chi connectivity index (χ4v) is 6.52. The molecule has 1 N–H and O–H groups in total. The fraction of sp³-hybridized carbons (Fsp3) is 0.257. The van der Waals surface area contributed by atoms with Crippen molar-refractivity contribution in [3.63, 3.8) is 0 Å². The van der Waals surface area contributed by atoms with E-state index in [0.29, 0.717) is 45.0 Å². The summed E-state index contributed by atoms with van der Waals surface area (Å²) in [6, 6.07) is 33.9. The van der Waals surface area contributed by atoms with Crippen molar-refractivity contribution in [2.45, 2.75) is 30.4 Å². The van der Waals surface area contributed by atoms with Crippen LogP contribution in [0.5, 0.6) is 5.75 Å². The molecule has 1 unspecified atom stereocenters. The summed E-state index contributed by atoms with van der Waals surface area (Å²) in [6.45, 7) is 1.52. The topological polar surface area (TPSA) is 105 Å². The summed E-state index contributed by atoms with van der Waals surface area (Å²) in [5.74, 6) is -0.304. The van der Waals surface area contributed by atoms with E-state index in [-0.39, 0.29) is 29.9 Å². The maximum atomic E-state index is 13.9. The minimum Gasteiger partial charge on any atom is -0.484 e. The van der Waals surface area contributed by atoms with Crippen LogP contribution in [0.2, 0.25) is 0 Å². The largest absolute Gasteiger partial charge is 0.484 e. The summed E-state index contributed by atoms with van der Waals surface area (Å²) in [6.07, 6.45) is 0.314. The Labute approximate surface area is 264 Å². The molecule has 1 fully saturated rings. The van der Waals surface area contributed by atoms with Gasteiger partial charge in [-0.1, -0.05) is 91.0 Å². The highest BCUT2D eigenvalue weighted by molar-refractivity contribution is 7.89. The number of rotatable bonds is 13. The van der Waals surface area contributed by atoms with Crippen LogP contribution in [-0.4, -0.2) is 68.4 Å². The van der Waals surface area contributed by atoms with Crippen molar-refractivity contribution in [2.24, 2.45) is 0 Å². The van der Waals surface area contributed by atoms with Crippen molar-refractivity contribution in [3.8, 4) is 5.75 Å². The first-order valence-corrected chi connectivity index (χ1v) is 16.3. The molecule has 1 atom stereocenters. The Morgan fingerprint density at radius 1 is 0.778 bits per heavy atom. The van der Waals surface area contributed by atoms with Crippen LogP contribution in [0.15, 0.2) is 120 Å². The van der Waals surface area contributed by atoms with Gasteiger partial charge in [0.25, 0.3) is 5.91 Å². The van der Waals surface area contributed by atoms with Crippen molar-refractivity contribution in [1.29, 1.82) is 0 Å². The van der Waals surface area contributed by atoms with Crippen LogP contribution >= 0.6 is 0 Å². The van der Waals surface area contributed by atoms with Crippen LogP contribution in [0.25, 0.3) is 0 Å². The molecule has 1 aliphatic rings. The molecular formula is C35H37N3O6S. The van der Waals surface area contributed by atoms with E-state index in [1.165, 1.54) is 28.6 Å². The number of hydrogen-bond donors (Lipinski definition) is 1. The van der Waals surface area contributed by atoms with Crippen LogP contribution in [0, 0.1) is 0 Å². The molecule has 0 bridgehead atoms. The molecule has 1 saturated heterocycles. The first kappa shape index (κ1) is 31.9. The smallest absolute Gasteiger partial charge is 0.261 e. The van der Waals surface area contributed by atoms with Gasteiger partial charge in [0.05, 0.1) is 18.1 Å². The molecule has 5 rings (SSSR count). The third kappa shape index (κ3) is 8.78. The molecule has 0 aliphatic carbocycles. The number of sulfonamides is 1. The summed E-state index contributed by atoms with van der Waals surface area (Å²) < 4.78 is 38.5. The van der Waals surface area contributed by atoms with Gasteiger partial charge in [0.1, 0.15) is 11.8 Å². The second-order valence-corrected chi connectivity index (χ2v) is 12.6. The van der Waals surface area contributed by atoms with Gasteiger partial charge < -0.3 is 19.7 Å². The van der Waals surface area contributed by atoms with Crippen LogP contribution < -0.4 is 10.1 Å². The molecule has 1 heterocycles. The SMILES string of the molecule is O=C(NCc1ccccc1)C(Cc1ccccc1)N(Cc1ccccc1)C(=O)COc1ccc(S(=O)(=O)N2CCOCC2)cc1. The Hall–Kier alpha value is -4.51. The van der Waals surface area contributed by atoms with Gasteiger partial charge in [0.15, 0.2) is 6.61 Å². The lowest BCUT2D eigenvalue weighted by Gasteiger charge is -2.31. The molecule has 4 aromatic carbocycles. The van der Waals surface area contributed by atoms with Gasteiger partial charge in [-0.3, -0.25) is 9.59 Å². The highest BCUT2D eigenvalue weighted by Crippen LogP contribution is 2.21. The number of ether oxygens (including phenoxy) is 2. The van der Waals surface area contributed by atoms with Crippen LogP contribution in [0.3, 0.4) is 0 Å². The molecule has 1 aliphatic heterocycles. The van der Waals surface area contributed by atoms with E-state index in [4.69, 9.17) is 9.47 Å². The fourth-order valence-electron chi connectivity index (χ4n) is 5.11. The van der Waals surface area contributed by atoms with Gasteiger partial charge in [0, 0.05) is 32.6 Å². The minimum absolute atomic E-state index is 0.145. The summed E-state index contributed by atoms with van der Waals surface area (Å²) in [5.41, 5.74) is 2.74. The summed E-state index contributed by atoms with van der Waals surface area (Å²) in [7, 11) is -3.66. The zero-order chi connectivity index (χ0) is 31.5. The van der Waals surface area contributed by atoms with Gasteiger partial charge in [-0.25, -0.2) is 8.42 Å². The first-order chi connectivity index (χ1) is 21.9. The monoisotopic (exact) mass is 627 g/mol. The highest BCUT2D eigenvalue weighted by atomic mass is 32.2. The third-order valence-corrected chi connectivity index (χ3v) is 9.48. The lowest BCUT2D eigenvalue weighted by atomic mass is 10.0. The minimum atomic E-state index is -3.66. The van der Waals surface area contributed by atoms with E-state index in [2.05, 4.69) is 5.32 Å². The number of benzene rings is 4. The number of nitrogens with one attached hydrogen (secondary N) is 1. The number of hydrogen-bond acceptors (Lipinski definition) is 6. The van der Waals surface area contributed by atoms with Gasteiger partial charge >= 0.3 is 0 Å². The van der Waals surface area contributed by atoms with E-state index in [1.54, 1.807) is 4.90 Å². The molecule has 10 heteroatoms. The predicted molar refractivity (Wildman–Crippen MR) is 171 cm³/mol. The molecule has 0 saturated carbocycles. The standard InChI is InChI=1S/C35H37N3O6S/c39-34(27-44-31-16-18-32(19-17-31)45(41,42)37-20-22-43-23-21-37)38(26-30-14-8-3-9-15-30)33(24-28-10-4-1-5-11-28)35(40)36-25-29-12-6-2-7-13-29/h1-19,33H,20-27H2,(H,36,40). The van der Waals surface area contributed by atoms with Crippen molar-refractivity contribution >= 4 is 21.8 Å². The summed E-state index contributed by atoms with van der Waals surface area (Å²) in [5, 5.41) is 3.02. The van der Waals surface area contributed by atoms with Crippen LogP contribution in [0.4, 0.5) is 0 Å². The lowest BCUT2D eigenvalue weighted by molar-refractivity contribution is -0.142. The number of carbonyl (C=O) groups excluding carboxylic acids is 2. The normalized spacial score (nSPS) is 14.3. The van der Waals surface area contributed by atoms with Crippen molar-refractivity contribution in [2.75, 3.05) is 32.9 Å². The maximum Gasteiger partial charge on any atom is 0.261 e. The zero-order valence-electron chi connectivity index (χ0n) is 25.0. The van der Waals surface area contributed by atoms with Crippen molar-refractivity contribution < 1.29 is 27.5 Å². The van der Waals surface area contributed by atoms with Gasteiger partial charge in [-0.2, -0.15) is 4.31 Å². The van der Waals surface area contributed by atoms with E-state index < -0.39 is 16.1 Å². The van der Waals surface area contributed by atoms with Crippen molar-refractivity contribution in [3.05, 3.63) is 132 Å². The second kappa shape index (κ2) is 15.5. The molecule has 45 heavy (non-hydrogen) atoms. The van der Waals surface area contributed by atoms with E-state index in [1.807, 2.05) is 91.0 Å². The average molecular weight is 628 g/mol. The van der Waals surface area contributed by atoms with E-state index in [9.17, 15) is 18.0 Å². The lowest BCUT2D eigenvalue weighted by Crippen LogP contribution is -2.51. The Kier molecular flexibility index (Phi) is 11.0. The molecule has 0 spiro atoms. The molecule has 0 radical (unpaired) electrons. The number of carbonyl (C=O) groups is 2. The van der Waals surface area contributed by atoms with Crippen LogP contribution in [0.1, 0.15) is 16.7 Å². The number of morpholine rings is 1. The Morgan fingerprint density at radius 3 is 1.93 bits per heavy atom. The molecule has 234 valence electrons. The Morgan fingerprint density at radius 2 is 1.33 bits per heavy atom. The quantitative estimate of drug-likeness (QED) is 0.240. The van der Waals surface area contributed by atoms with Crippen molar-refractivity contribution in [1.82, 2.24) is 14.5 Å². The zero-order valence-corrected chi connectivity index (χ0v) is 25.8. The predicted octanol–water partition coefficient (Wildman–Crippen LogP) is 4.04. The molecular weight excluding hydrogens is 590 g/mol. The average Bonchev–Trinajstić information content (AvgIpc) is 3.09. The summed E-state index contributed by atoms with van der Waals surface area (Å²) in [4.78, 5) is 29.3. The number of amides is 2. The maximum absolute atomic E-state index is 13.9. The summed E-state index contributed by atoms with van der Waals surface area (Å²) >= 11 is 0. The second-order valence-electron chi connectivity index (χ2n) is 10.7. The molecule has 0 aromatic heterocycles. The Balaban J connectivity index is 1.34. The Bertz CT molecular complexity index is 1630. The first-order valence-electron chi connectivity index (χ1n) is 14.9. The van der Waals surface area contributed by atoms with E-state index >= 15 is 0 Å². The molecule has 9 nitrogen and oxygen atoms in total. The van der Waals surface area contributed by atoms with Gasteiger partial charge in [-0.05, 0) is 41.0 Å². The third-order valence-electron chi connectivity index (χ3n) is 7.57.